The molecule has 0 heterocycles. The maximum Gasteiger partial charge on any atom is 0.307 e. The molecule has 4 aliphatic carbocycles. The fourth-order valence-corrected chi connectivity index (χ4v) is 6.18. The highest BCUT2D eigenvalue weighted by molar-refractivity contribution is 5.96. The van der Waals surface area contributed by atoms with Gasteiger partial charge in [0.25, 0.3) is 11.6 Å². The Hall–Kier alpha value is -2.48. The lowest BCUT2D eigenvalue weighted by atomic mass is 9.47. The minimum absolute atomic E-state index is 0.0636. The highest BCUT2D eigenvalue weighted by Crippen LogP contribution is 2.62. The zero-order chi connectivity index (χ0) is 20.8. The number of nitro groups is 1. The van der Waals surface area contributed by atoms with Crippen LogP contribution in [0.4, 0.5) is 11.4 Å². The van der Waals surface area contributed by atoms with Crippen LogP contribution in [0, 0.1) is 27.4 Å². The molecule has 4 fully saturated rings. The lowest BCUT2D eigenvalue weighted by Gasteiger charge is -2.60. The number of nitro benzene ring substituents is 1. The van der Waals surface area contributed by atoms with Crippen molar-refractivity contribution in [2.24, 2.45) is 17.3 Å². The van der Waals surface area contributed by atoms with Gasteiger partial charge in [-0.15, -0.1) is 0 Å². The van der Waals surface area contributed by atoms with Crippen molar-refractivity contribution >= 4 is 23.3 Å². The lowest BCUT2D eigenvalue weighted by molar-refractivity contribution is -0.383. The largest absolute Gasteiger partial charge is 0.453 e. The number of para-hydroxylation sites is 2. The lowest BCUT2D eigenvalue weighted by Crippen LogP contribution is -2.56. The Morgan fingerprint density at radius 2 is 1.93 bits per heavy atom. The van der Waals surface area contributed by atoms with Crippen molar-refractivity contribution in [1.82, 2.24) is 0 Å². The Balaban J connectivity index is 1.36. The number of rotatable bonds is 6. The average molecular weight is 402 g/mol. The van der Waals surface area contributed by atoms with E-state index >= 15 is 0 Å². The van der Waals surface area contributed by atoms with Crippen molar-refractivity contribution in [3.05, 3.63) is 34.4 Å². The summed E-state index contributed by atoms with van der Waals surface area (Å²) in [6, 6.07) is 5.82. The first-order valence-corrected chi connectivity index (χ1v) is 10.1. The first-order valence-electron chi connectivity index (χ1n) is 10.1. The van der Waals surface area contributed by atoms with Crippen LogP contribution in [0.15, 0.2) is 24.3 Å². The standard InChI is InChI=1S/C21H26N2O6/c1-13(19(25)22-16-4-2-3-5-17(16)23(27)28)29-18(24)11-20-7-14-6-15(8-20)10-21(26,9-14)12-20/h2-5,13-15,26H,6-12H2,1H3,(H,22,25)/t13-,14-,15+,20?,21?/m0/s1. The van der Waals surface area contributed by atoms with E-state index in [1.165, 1.54) is 25.1 Å². The van der Waals surface area contributed by atoms with Crippen LogP contribution < -0.4 is 5.32 Å². The van der Waals surface area contributed by atoms with Crippen molar-refractivity contribution in [2.75, 3.05) is 5.32 Å². The van der Waals surface area contributed by atoms with Gasteiger partial charge in [-0.1, -0.05) is 12.1 Å². The van der Waals surface area contributed by atoms with Gasteiger partial charge in [0.05, 0.1) is 16.9 Å². The summed E-state index contributed by atoms with van der Waals surface area (Å²) in [7, 11) is 0. The number of hydrogen-bond donors (Lipinski definition) is 2. The molecule has 2 unspecified atom stereocenters. The molecular weight excluding hydrogens is 376 g/mol. The van der Waals surface area contributed by atoms with Crippen molar-refractivity contribution in [3.8, 4) is 0 Å². The highest BCUT2D eigenvalue weighted by Gasteiger charge is 2.57. The first kappa shape index (κ1) is 19.8. The summed E-state index contributed by atoms with van der Waals surface area (Å²) in [5, 5.41) is 24.4. The van der Waals surface area contributed by atoms with Gasteiger partial charge in [0.15, 0.2) is 6.10 Å². The summed E-state index contributed by atoms with van der Waals surface area (Å²) < 4.78 is 5.35. The molecule has 2 N–H and O–H groups in total. The summed E-state index contributed by atoms with van der Waals surface area (Å²) in [6.07, 6.45) is 4.40. The topological polar surface area (TPSA) is 119 Å². The molecule has 0 saturated heterocycles. The molecule has 8 heteroatoms. The van der Waals surface area contributed by atoms with E-state index < -0.39 is 28.5 Å². The Morgan fingerprint density at radius 3 is 2.55 bits per heavy atom. The number of ether oxygens (including phenoxy) is 1. The first-order chi connectivity index (χ1) is 13.7. The molecule has 4 bridgehead atoms. The van der Waals surface area contributed by atoms with Crippen molar-refractivity contribution in [1.29, 1.82) is 0 Å². The molecule has 0 spiro atoms. The molecule has 156 valence electrons. The van der Waals surface area contributed by atoms with Gasteiger partial charge >= 0.3 is 5.97 Å². The number of nitrogens with one attached hydrogen (secondary N) is 1. The van der Waals surface area contributed by atoms with Crippen LogP contribution in [-0.4, -0.2) is 33.6 Å². The number of anilines is 1. The maximum atomic E-state index is 12.6. The number of aliphatic hydroxyl groups is 1. The van der Waals surface area contributed by atoms with Crippen molar-refractivity contribution < 1.29 is 24.4 Å². The number of nitrogens with zero attached hydrogens (tertiary/aromatic N) is 1. The van der Waals surface area contributed by atoms with E-state index in [-0.39, 0.29) is 23.2 Å². The Labute approximate surface area is 168 Å². The quantitative estimate of drug-likeness (QED) is 0.428. The number of carbonyl (C=O) groups excluding carboxylic acids is 2. The van der Waals surface area contributed by atoms with Crippen molar-refractivity contribution in [2.45, 2.75) is 63.6 Å². The summed E-state index contributed by atoms with van der Waals surface area (Å²) in [5.74, 6) is -0.139. The van der Waals surface area contributed by atoms with Gasteiger partial charge in [-0.25, -0.2) is 0 Å². The second-order valence-electron chi connectivity index (χ2n) is 9.26. The minimum atomic E-state index is -1.07. The van der Waals surface area contributed by atoms with Crippen LogP contribution in [0.25, 0.3) is 0 Å². The molecule has 0 aliphatic heterocycles. The third-order valence-electron chi connectivity index (χ3n) is 6.71. The van der Waals surface area contributed by atoms with Gasteiger partial charge in [-0.2, -0.15) is 0 Å². The predicted molar refractivity (Wildman–Crippen MR) is 104 cm³/mol. The van der Waals surface area contributed by atoms with E-state index in [1.807, 2.05) is 0 Å². The fraction of sp³-hybridized carbons (Fsp3) is 0.619. The molecule has 4 aliphatic rings. The zero-order valence-electron chi connectivity index (χ0n) is 16.4. The molecule has 1 amide bonds. The average Bonchev–Trinajstić information content (AvgIpc) is 2.59. The van der Waals surface area contributed by atoms with Crippen molar-refractivity contribution in [3.63, 3.8) is 0 Å². The van der Waals surface area contributed by atoms with Gasteiger partial charge < -0.3 is 15.2 Å². The number of carbonyl (C=O) groups is 2. The molecule has 8 nitrogen and oxygen atoms in total. The van der Waals surface area contributed by atoms with E-state index in [0.29, 0.717) is 18.3 Å². The third kappa shape index (κ3) is 3.99. The molecule has 0 aromatic heterocycles. The van der Waals surface area contributed by atoms with Crippen LogP contribution in [0.3, 0.4) is 0 Å². The maximum absolute atomic E-state index is 12.6. The van der Waals surface area contributed by atoms with Gasteiger partial charge in [0.1, 0.15) is 5.69 Å². The zero-order valence-corrected chi connectivity index (χ0v) is 16.4. The highest BCUT2D eigenvalue weighted by atomic mass is 16.6. The SMILES string of the molecule is C[C@H](OC(=O)CC12C[C@@H]3C[C@@H](CC(O)(C3)C1)C2)C(=O)Nc1ccccc1[N+](=O)[O-]. The third-order valence-corrected chi connectivity index (χ3v) is 6.71. The molecule has 5 rings (SSSR count). The smallest absolute Gasteiger partial charge is 0.307 e. The van der Waals surface area contributed by atoms with Gasteiger partial charge in [0, 0.05) is 6.07 Å². The number of amides is 1. The number of hydrogen-bond acceptors (Lipinski definition) is 6. The molecule has 29 heavy (non-hydrogen) atoms. The summed E-state index contributed by atoms with van der Waals surface area (Å²) in [6.45, 7) is 1.45. The van der Waals surface area contributed by atoms with Crippen LogP contribution in [0.1, 0.15) is 51.9 Å². The van der Waals surface area contributed by atoms with Crippen LogP contribution >= 0.6 is 0 Å². The molecule has 1 aromatic carbocycles. The van der Waals surface area contributed by atoms with E-state index in [2.05, 4.69) is 5.32 Å². The fourth-order valence-electron chi connectivity index (χ4n) is 6.18. The Kier molecular flexibility index (Phi) is 4.85. The Bertz CT molecular complexity index is 839. The molecule has 1 aromatic rings. The summed E-state index contributed by atoms with van der Waals surface area (Å²) in [4.78, 5) is 35.5. The second kappa shape index (κ2) is 7.09. The number of benzene rings is 1. The van der Waals surface area contributed by atoms with Gasteiger partial charge in [-0.3, -0.25) is 19.7 Å². The molecule has 5 atom stereocenters. The van der Waals surface area contributed by atoms with E-state index in [9.17, 15) is 24.8 Å². The van der Waals surface area contributed by atoms with Crippen LogP contribution in [0.5, 0.6) is 0 Å². The normalized spacial score (nSPS) is 33.2. The monoisotopic (exact) mass is 402 g/mol. The predicted octanol–water partition coefficient (Wildman–Crippen LogP) is 3.19. The Morgan fingerprint density at radius 1 is 1.28 bits per heavy atom. The minimum Gasteiger partial charge on any atom is -0.453 e. The van der Waals surface area contributed by atoms with Crippen LogP contribution in [-0.2, 0) is 14.3 Å². The molecule has 4 saturated carbocycles. The molecule has 0 radical (unpaired) electrons. The van der Waals surface area contributed by atoms with Gasteiger partial charge in [0.2, 0.25) is 0 Å². The van der Waals surface area contributed by atoms with E-state index in [0.717, 1.165) is 32.1 Å². The summed E-state index contributed by atoms with van der Waals surface area (Å²) in [5.41, 5.74) is -1.04. The van der Waals surface area contributed by atoms with Gasteiger partial charge in [-0.05, 0) is 68.8 Å². The molecular formula is C21H26N2O6. The van der Waals surface area contributed by atoms with E-state index in [1.54, 1.807) is 6.07 Å². The van der Waals surface area contributed by atoms with E-state index in [4.69, 9.17) is 4.74 Å². The second-order valence-corrected chi connectivity index (χ2v) is 9.26. The van der Waals surface area contributed by atoms with Crippen LogP contribution in [0.2, 0.25) is 0 Å². The number of esters is 1. The summed E-state index contributed by atoms with van der Waals surface area (Å²) >= 11 is 0.